The highest BCUT2D eigenvalue weighted by Gasteiger charge is 2.20. The molecule has 1 amide bonds. The predicted octanol–water partition coefficient (Wildman–Crippen LogP) is 3.18. The largest absolute Gasteiger partial charge is 0.312 e. The highest BCUT2D eigenvalue weighted by atomic mass is 16.2. The Hall–Kier alpha value is -1.31. The fourth-order valence-electron chi connectivity index (χ4n) is 2.26. The Balaban J connectivity index is 2.27. The van der Waals surface area contributed by atoms with E-state index in [0.717, 1.165) is 31.5 Å². The minimum absolute atomic E-state index is 0.284. The van der Waals surface area contributed by atoms with Crippen molar-refractivity contribution < 1.29 is 4.79 Å². The van der Waals surface area contributed by atoms with E-state index < -0.39 is 0 Å². The third-order valence-electron chi connectivity index (χ3n) is 3.18. The molecule has 0 radical (unpaired) electrons. The van der Waals surface area contributed by atoms with Gasteiger partial charge in [-0.05, 0) is 37.8 Å². The summed E-state index contributed by atoms with van der Waals surface area (Å²) >= 11 is 0. The van der Waals surface area contributed by atoms with E-state index >= 15 is 0 Å². The quantitative estimate of drug-likeness (QED) is 0.660. The first-order valence-corrected chi connectivity index (χ1v) is 6.13. The lowest BCUT2D eigenvalue weighted by atomic mass is 10.2. The van der Waals surface area contributed by atoms with E-state index in [1.54, 1.807) is 0 Å². The number of hydrogen-bond acceptors (Lipinski definition) is 1. The van der Waals surface area contributed by atoms with Crippen LogP contribution in [0, 0.1) is 0 Å². The summed E-state index contributed by atoms with van der Waals surface area (Å²) < 4.78 is 0. The number of likely N-dealkylation sites (tertiary alicyclic amines) is 1. The van der Waals surface area contributed by atoms with Gasteiger partial charge in [0.2, 0.25) is 5.91 Å². The summed E-state index contributed by atoms with van der Waals surface area (Å²) in [5, 5.41) is 0. The minimum Gasteiger partial charge on any atom is -0.312 e. The van der Waals surface area contributed by atoms with Crippen molar-refractivity contribution in [1.29, 1.82) is 0 Å². The van der Waals surface area contributed by atoms with Crippen molar-refractivity contribution in [2.24, 2.45) is 0 Å². The van der Waals surface area contributed by atoms with Crippen molar-refractivity contribution in [3.8, 4) is 0 Å². The van der Waals surface area contributed by atoms with Gasteiger partial charge < -0.3 is 4.90 Å². The maximum absolute atomic E-state index is 12.0. The number of allylic oxidation sites excluding steroid dienone is 5. The monoisotopic (exact) mass is 217 g/mol. The minimum atomic E-state index is 0.284. The smallest absolute Gasteiger partial charge is 0.226 e. The molecule has 1 saturated heterocycles. The molecule has 2 rings (SSSR count). The number of hydrogen-bond donors (Lipinski definition) is 0. The van der Waals surface area contributed by atoms with Gasteiger partial charge in [0.15, 0.2) is 0 Å². The molecule has 2 heteroatoms. The molecular formula is C14H19NO. The van der Waals surface area contributed by atoms with E-state index in [0.29, 0.717) is 6.42 Å². The Morgan fingerprint density at radius 2 is 1.94 bits per heavy atom. The molecule has 1 heterocycles. The lowest BCUT2D eigenvalue weighted by Crippen LogP contribution is -2.29. The Kier molecular flexibility index (Phi) is 3.60. The van der Waals surface area contributed by atoms with Gasteiger partial charge >= 0.3 is 0 Å². The molecule has 0 spiro atoms. The molecule has 0 atom stereocenters. The molecular weight excluding hydrogens is 198 g/mol. The van der Waals surface area contributed by atoms with E-state index in [2.05, 4.69) is 31.2 Å². The molecule has 0 aromatic rings. The fourth-order valence-corrected chi connectivity index (χ4v) is 2.26. The van der Waals surface area contributed by atoms with E-state index in [9.17, 15) is 4.79 Å². The summed E-state index contributed by atoms with van der Waals surface area (Å²) in [6.45, 7) is 2.96. The molecule has 0 aromatic carbocycles. The predicted molar refractivity (Wildman–Crippen MR) is 65.8 cm³/mol. The first-order chi connectivity index (χ1) is 7.79. The van der Waals surface area contributed by atoms with E-state index in [1.807, 2.05) is 4.90 Å². The summed E-state index contributed by atoms with van der Waals surface area (Å²) in [7, 11) is 0. The van der Waals surface area contributed by atoms with Crippen molar-refractivity contribution in [2.75, 3.05) is 6.54 Å². The molecule has 0 aromatic heterocycles. The van der Waals surface area contributed by atoms with Crippen LogP contribution in [0.5, 0.6) is 0 Å². The average Bonchev–Trinajstić information content (AvgIpc) is 2.59. The zero-order valence-corrected chi connectivity index (χ0v) is 9.91. The van der Waals surface area contributed by atoms with Crippen LogP contribution < -0.4 is 0 Å². The standard InChI is InChI=1S/C14H19NO/c1-12-8-4-2-5-9-13(12)15-11-7-3-6-10-14(15)16/h4-5,8-9H,2-3,6-7,10-11H2,1H3. The molecule has 1 aliphatic carbocycles. The zero-order chi connectivity index (χ0) is 11.4. The van der Waals surface area contributed by atoms with Crippen LogP contribution in [0.3, 0.4) is 0 Å². The van der Waals surface area contributed by atoms with E-state index in [-0.39, 0.29) is 5.91 Å². The van der Waals surface area contributed by atoms with Gasteiger partial charge in [0.1, 0.15) is 0 Å². The van der Waals surface area contributed by atoms with Gasteiger partial charge in [-0.2, -0.15) is 0 Å². The van der Waals surface area contributed by atoms with Gasteiger partial charge in [0.25, 0.3) is 0 Å². The molecule has 1 aliphatic heterocycles. The number of amides is 1. The number of carbonyl (C=O) groups is 1. The summed E-state index contributed by atoms with van der Waals surface area (Å²) in [5.41, 5.74) is 2.30. The first kappa shape index (κ1) is 11.2. The number of nitrogens with zero attached hydrogens (tertiary/aromatic N) is 1. The van der Waals surface area contributed by atoms with Crippen LogP contribution in [0.4, 0.5) is 0 Å². The Morgan fingerprint density at radius 3 is 2.81 bits per heavy atom. The molecule has 16 heavy (non-hydrogen) atoms. The van der Waals surface area contributed by atoms with Crippen LogP contribution in [0.1, 0.15) is 39.0 Å². The second kappa shape index (κ2) is 5.15. The van der Waals surface area contributed by atoms with Gasteiger partial charge in [-0.1, -0.05) is 24.6 Å². The maximum Gasteiger partial charge on any atom is 0.226 e. The molecule has 2 aliphatic rings. The molecule has 1 fully saturated rings. The lowest BCUT2D eigenvalue weighted by molar-refractivity contribution is -0.128. The lowest BCUT2D eigenvalue weighted by Gasteiger charge is -2.23. The molecule has 86 valence electrons. The number of rotatable bonds is 1. The van der Waals surface area contributed by atoms with Crippen LogP contribution in [0.25, 0.3) is 0 Å². The van der Waals surface area contributed by atoms with Crippen LogP contribution in [-0.2, 0) is 4.79 Å². The van der Waals surface area contributed by atoms with Crippen LogP contribution in [0.15, 0.2) is 35.6 Å². The fraction of sp³-hybridized carbons (Fsp3) is 0.500. The third kappa shape index (κ3) is 2.43. The SMILES string of the molecule is CC1=C(N2CCCCCC2=O)C=CCC=C1. The second-order valence-electron chi connectivity index (χ2n) is 4.46. The highest BCUT2D eigenvalue weighted by molar-refractivity contribution is 5.79. The van der Waals surface area contributed by atoms with Crippen LogP contribution >= 0.6 is 0 Å². The van der Waals surface area contributed by atoms with Gasteiger partial charge in [0.05, 0.1) is 0 Å². The third-order valence-corrected chi connectivity index (χ3v) is 3.18. The van der Waals surface area contributed by atoms with Crippen molar-refractivity contribution in [2.45, 2.75) is 39.0 Å². The molecule has 0 saturated carbocycles. The van der Waals surface area contributed by atoms with Crippen molar-refractivity contribution in [1.82, 2.24) is 4.90 Å². The Morgan fingerprint density at radius 1 is 1.12 bits per heavy atom. The van der Waals surface area contributed by atoms with E-state index in [4.69, 9.17) is 0 Å². The summed E-state index contributed by atoms with van der Waals surface area (Å²) in [6, 6.07) is 0. The second-order valence-corrected chi connectivity index (χ2v) is 4.46. The van der Waals surface area contributed by atoms with Gasteiger partial charge in [-0.3, -0.25) is 4.79 Å². The Labute approximate surface area is 97.3 Å². The summed E-state index contributed by atoms with van der Waals surface area (Å²) in [6.07, 6.45) is 13.5. The number of carbonyl (C=O) groups excluding carboxylic acids is 1. The zero-order valence-electron chi connectivity index (χ0n) is 9.91. The highest BCUT2D eigenvalue weighted by Crippen LogP contribution is 2.21. The first-order valence-electron chi connectivity index (χ1n) is 6.13. The van der Waals surface area contributed by atoms with Crippen molar-refractivity contribution >= 4 is 5.91 Å². The van der Waals surface area contributed by atoms with Crippen LogP contribution in [-0.4, -0.2) is 17.4 Å². The molecule has 0 N–H and O–H groups in total. The van der Waals surface area contributed by atoms with Crippen molar-refractivity contribution in [3.05, 3.63) is 35.6 Å². The maximum atomic E-state index is 12.0. The van der Waals surface area contributed by atoms with Gasteiger partial charge in [0, 0.05) is 18.7 Å². The van der Waals surface area contributed by atoms with Gasteiger partial charge in [-0.15, -0.1) is 0 Å². The summed E-state index contributed by atoms with van der Waals surface area (Å²) in [5.74, 6) is 0.284. The van der Waals surface area contributed by atoms with E-state index in [1.165, 1.54) is 12.0 Å². The normalized spacial score (nSPS) is 22.3. The molecule has 2 nitrogen and oxygen atoms in total. The van der Waals surface area contributed by atoms with Crippen LogP contribution in [0.2, 0.25) is 0 Å². The molecule has 0 unspecified atom stereocenters. The van der Waals surface area contributed by atoms with Gasteiger partial charge in [-0.25, -0.2) is 0 Å². The topological polar surface area (TPSA) is 20.3 Å². The molecule has 0 bridgehead atoms. The van der Waals surface area contributed by atoms with Crippen molar-refractivity contribution in [3.63, 3.8) is 0 Å². The average molecular weight is 217 g/mol. The Bertz CT molecular complexity index is 363. The summed E-state index contributed by atoms with van der Waals surface area (Å²) in [4.78, 5) is 14.0.